The van der Waals surface area contributed by atoms with Crippen molar-refractivity contribution in [2.45, 2.75) is 122 Å². The number of pyridine rings is 1. The van der Waals surface area contributed by atoms with Gasteiger partial charge in [0.1, 0.15) is 5.75 Å². The fraction of sp³-hybridized carbons (Fsp3) is 0.615. The smallest absolute Gasteiger partial charge is 0.257 e. The summed E-state index contributed by atoms with van der Waals surface area (Å²) in [5.74, 6) is 4.21. The Bertz CT molecular complexity index is 2230. The third kappa shape index (κ3) is 10.9. The van der Waals surface area contributed by atoms with Crippen LogP contribution < -0.4 is 36.5 Å². The van der Waals surface area contributed by atoms with Crippen LogP contribution in [0.1, 0.15) is 115 Å². The van der Waals surface area contributed by atoms with Gasteiger partial charge in [0.2, 0.25) is 11.9 Å². The first-order valence-corrected chi connectivity index (χ1v) is 25.0. The number of methoxy groups -OCH3 is 1. The van der Waals surface area contributed by atoms with E-state index in [0.717, 1.165) is 116 Å². The molecule has 64 heavy (non-hydrogen) atoms. The van der Waals surface area contributed by atoms with Crippen LogP contribution in [0.4, 0.5) is 23.0 Å². The summed E-state index contributed by atoms with van der Waals surface area (Å²) in [6.07, 6.45) is 23.9. The van der Waals surface area contributed by atoms with Gasteiger partial charge in [-0.1, -0.05) is 57.4 Å². The molecule has 0 unspecified atom stereocenters. The predicted octanol–water partition coefficient (Wildman–Crippen LogP) is 8.97. The Morgan fingerprint density at radius 3 is 2.19 bits per heavy atom. The number of rotatable bonds is 22. The highest BCUT2D eigenvalue weighted by molar-refractivity contribution is 5.81. The molecule has 4 bridgehead atoms. The number of amides is 1. The molecule has 0 atom stereocenters. The van der Waals surface area contributed by atoms with Gasteiger partial charge in [0.15, 0.2) is 5.65 Å². The van der Waals surface area contributed by atoms with E-state index in [1.807, 2.05) is 37.3 Å². The Morgan fingerprint density at radius 1 is 0.828 bits per heavy atom. The van der Waals surface area contributed by atoms with E-state index in [4.69, 9.17) is 9.72 Å². The fourth-order valence-corrected chi connectivity index (χ4v) is 12.3. The number of nitrogens with one attached hydrogen (secondary N) is 4. The normalized spacial score (nSPS) is 23.0. The van der Waals surface area contributed by atoms with Crippen LogP contribution in [0.5, 0.6) is 5.75 Å². The van der Waals surface area contributed by atoms with Crippen molar-refractivity contribution >= 4 is 40.0 Å². The van der Waals surface area contributed by atoms with E-state index < -0.39 is 0 Å². The average Bonchev–Trinajstić information content (AvgIpc) is 3.26. The Balaban J connectivity index is 0.654. The largest absolute Gasteiger partial charge is 0.494 e. The summed E-state index contributed by atoms with van der Waals surface area (Å²) in [5.41, 5.74) is 5.25. The van der Waals surface area contributed by atoms with Crippen LogP contribution in [0, 0.1) is 30.1 Å². The summed E-state index contributed by atoms with van der Waals surface area (Å²) >= 11 is 0. The summed E-state index contributed by atoms with van der Waals surface area (Å²) in [6, 6.07) is 16.2. The van der Waals surface area contributed by atoms with E-state index in [2.05, 4.69) is 48.2 Å². The third-order valence-electron chi connectivity index (χ3n) is 15.3. The Morgan fingerprint density at radius 2 is 1.52 bits per heavy atom. The first-order valence-electron chi connectivity index (χ1n) is 25.0. The lowest BCUT2D eigenvalue weighted by molar-refractivity contribution is -0.129. The quantitative estimate of drug-likeness (QED) is 0.0569. The summed E-state index contributed by atoms with van der Waals surface area (Å²) in [6.45, 7) is 9.93. The number of anilines is 4. The molecule has 2 aromatic heterocycles. The van der Waals surface area contributed by atoms with Gasteiger partial charge in [-0.2, -0.15) is 4.98 Å². The van der Waals surface area contributed by atoms with E-state index in [0.29, 0.717) is 29.0 Å². The van der Waals surface area contributed by atoms with Gasteiger partial charge >= 0.3 is 0 Å². The van der Waals surface area contributed by atoms with Crippen LogP contribution in [-0.4, -0.2) is 90.9 Å². The van der Waals surface area contributed by atoms with Gasteiger partial charge < -0.3 is 30.9 Å². The Hall–Kier alpha value is -4.68. The first kappa shape index (κ1) is 44.5. The van der Waals surface area contributed by atoms with E-state index in [1.54, 1.807) is 23.9 Å². The molecule has 4 aromatic rings. The molecule has 344 valence electrons. The molecule has 6 aliphatic rings. The third-order valence-corrected chi connectivity index (χ3v) is 15.3. The van der Waals surface area contributed by atoms with Crippen LogP contribution in [0.2, 0.25) is 0 Å². The molecule has 4 heterocycles. The number of unbranched alkanes of at least 4 members (excludes halogenated alkanes) is 9. The molecule has 0 spiro atoms. The summed E-state index contributed by atoms with van der Waals surface area (Å²) in [4.78, 5) is 40.9. The van der Waals surface area contributed by atoms with Gasteiger partial charge in [-0.05, 0) is 124 Å². The molecule has 0 radical (unpaired) electrons. The summed E-state index contributed by atoms with van der Waals surface area (Å²) in [5, 5.41) is 14.3. The van der Waals surface area contributed by atoms with Gasteiger partial charge in [-0.25, -0.2) is 4.98 Å². The molecule has 1 amide bonds. The zero-order valence-electron chi connectivity index (χ0n) is 38.6. The highest BCUT2D eigenvalue weighted by Gasteiger charge is 2.51. The number of aryl methyl sites for hydroxylation is 1. The molecule has 4 N–H and O–H groups in total. The molecule has 6 fully saturated rings. The van der Waals surface area contributed by atoms with Crippen molar-refractivity contribution < 1.29 is 9.53 Å². The highest BCUT2D eigenvalue weighted by atomic mass is 16.5. The maximum Gasteiger partial charge on any atom is 0.257 e. The Kier molecular flexibility index (Phi) is 14.4. The van der Waals surface area contributed by atoms with Crippen molar-refractivity contribution in [1.29, 1.82) is 0 Å². The van der Waals surface area contributed by atoms with Crippen molar-refractivity contribution in [3.63, 3.8) is 0 Å². The second-order valence-electron chi connectivity index (χ2n) is 20.3. The molecule has 2 aromatic carbocycles. The molecule has 2 aliphatic heterocycles. The number of nitrogens with zero attached hydrogens (tertiary/aromatic N) is 5. The standard InChI is InChI=1S/C52H73N9O3/c1-37-24-49(63)61(44-15-13-14-41(28-44)56-42-34-53-35-42)50-45(37)36-55-51(58-50)57-46-17-16-43(29-47(46)64-2)60-22-20-59(21-23-60)19-12-10-8-6-4-3-5-7-9-11-18-54-48(62)33-52-30-38-25-39(31-52)27-40(26-38)32-52/h13-17,24,28-29,36,38-40,42,53,56H,3-12,18-23,25-27,30-35H2,1-2H3,(H,54,62)(H,55,57,58). The van der Waals surface area contributed by atoms with Gasteiger partial charge in [-0.3, -0.25) is 19.1 Å². The Labute approximate surface area is 380 Å². The summed E-state index contributed by atoms with van der Waals surface area (Å²) in [7, 11) is 1.69. The number of carbonyl (C=O) groups is 1. The summed E-state index contributed by atoms with van der Waals surface area (Å²) < 4.78 is 7.54. The molecular formula is C52H73N9O3. The molecule has 12 heteroatoms. The molecule has 12 nitrogen and oxygen atoms in total. The van der Waals surface area contributed by atoms with E-state index >= 15 is 0 Å². The number of hydrogen-bond donors (Lipinski definition) is 4. The monoisotopic (exact) mass is 872 g/mol. The number of piperazine rings is 1. The number of hydrogen-bond acceptors (Lipinski definition) is 10. The second-order valence-corrected chi connectivity index (χ2v) is 20.3. The molecule has 4 aliphatic carbocycles. The van der Waals surface area contributed by atoms with Crippen molar-refractivity contribution in [2.75, 3.05) is 75.0 Å². The van der Waals surface area contributed by atoms with Crippen LogP contribution >= 0.6 is 0 Å². The topological polar surface area (TPSA) is 129 Å². The van der Waals surface area contributed by atoms with Gasteiger partial charge in [-0.15, -0.1) is 0 Å². The predicted molar refractivity (Wildman–Crippen MR) is 259 cm³/mol. The molecular weight excluding hydrogens is 799 g/mol. The zero-order chi connectivity index (χ0) is 43.9. The van der Waals surface area contributed by atoms with E-state index in [9.17, 15) is 9.59 Å². The number of fused-ring (bicyclic) bond motifs is 1. The van der Waals surface area contributed by atoms with Gasteiger partial charge in [0.05, 0.1) is 24.5 Å². The first-order chi connectivity index (χ1) is 31.3. The van der Waals surface area contributed by atoms with Crippen molar-refractivity contribution in [2.24, 2.45) is 23.2 Å². The molecule has 2 saturated heterocycles. The van der Waals surface area contributed by atoms with Gasteiger partial charge in [0, 0.05) is 87.3 Å². The minimum absolute atomic E-state index is 0.136. The van der Waals surface area contributed by atoms with Crippen molar-refractivity contribution in [1.82, 2.24) is 30.1 Å². The second kappa shape index (κ2) is 20.7. The minimum Gasteiger partial charge on any atom is -0.494 e. The van der Waals surface area contributed by atoms with Crippen LogP contribution in [0.15, 0.2) is 59.5 Å². The molecule has 10 rings (SSSR count). The number of carbonyl (C=O) groups excluding carboxylic acids is 1. The number of benzene rings is 2. The zero-order valence-corrected chi connectivity index (χ0v) is 38.6. The van der Waals surface area contributed by atoms with E-state index in [-0.39, 0.29) is 5.56 Å². The number of aromatic nitrogens is 3. The van der Waals surface area contributed by atoms with Crippen LogP contribution in [0.3, 0.4) is 0 Å². The lowest BCUT2D eigenvalue weighted by Crippen LogP contribution is -2.51. The minimum atomic E-state index is -0.136. The van der Waals surface area contributed by atoms with E-state index in [1.165, 1.54) is 103 Å². The maximum absolute atomic E-state index is 13.5. The molecule has 4 saturated carbocycles. The SMILES string of the molecule is COc1cc(N2CCN(CCCCCCCCCCCCNC(=O)CC34CC5CC(CC(C5)C3)C4)CC2)ccc1Nc1ncc2c(C)cc(=O)n(-c3cccc(NC4CNC4)c3)c2n1. The maximum atomic E-state index is 13.5. The van der Waals surface area contributed by atoms with Crippen LogP contribution in [-0.2, 0) is 4.79 Å². The number of ether oxygens (including phenoxy) is 1. The van der Waals surface area contributed by atoms with Crippen molar-refractivity contribution in [3.05, 3.63) is 70.6 Å². The fourth-order valence-electron chi connectivity index (χ4n) is 12.3. The lowest BCUT2D eigenvalue weighted by atomic mass is 9.49. The lowest BCUT2D eigenvalue weighted by Gasteiger charge is -2.56. The van der Waals surface area contributed by atoms with Gasteiger partial charge in [0.25, 0.3) is 5.56 Å². The van der Waals surface area contributed by atoms with Crippen molar-refractivity contribution in [3.8, 4) is 11.4 Å². The van der Waals surface area contributed by atoms with Crippen LogP contribution in [0.25, 0.3) is 16.7 Å². The average molecular weight is 872 g/mol. The highest BCUT2D eigenvalue weighted by Crippen LogP contribution is 2.61.